The van der Waals surface area contributed by atoms with E-state index >= 15 is 0 Å². The molecule has 5 rings (SSSR count). The van der Waals surface area contributed by atoms with Crippen LogP contribution in [0.2, 0.25) is 5.02 Å². The molecule has 1 aliphatic carbocycles. The molecule has 2 saturated heterocycles. The molecule has 7 nitrogen and oxygen atoms in total. The summed E-state index contributed by atoms with van der Waals surface area (Å²) in [6, 6.07) is 10.2. The molecular weight excluding hydrogens is 628 g/mol. The Morgan fingerprint density at radius 1 is 0.946 bits per heavy atom. The first-order valence-electron chi connectivity index (χ1n) is 12.1. The number of nitrogens with zero attached hydrogens (tertiary/aromatic N) is 2. The lowest BCUT2D eigenvalue weighted by Gasteiger charge is -2.29. The molecule has 0 aromatic heterocycles. The molecule has 5 atom stereocenters. The van der Waals surface area contributed by atoms with E-state index in [1.165, 1.54) is 4.90 Å². The Balaban J connectivity index is 1.28. The summed E-state index contributed by atoms with van der Waals surface area (Å²) in [7, 11) is 0. The Kier molecular flexibility index (Phi) is 7.24. The van der Waals surface area contributed by atoms with E-state index in [2.05, 4.69) is 31.9 Å². The maximum atomic E-state index is 13.1. The fourth-order valence-corrected chi connectivity index (χ4v) is 6.75. The van der Waals surface area contributed by atoms with E-state index in [4.69, 9.17) is 16.3 Å². The second-order valence-corrected chi connectivity index (χ2v) is 12.7. The molecule has 3 amide bonds. The van der Waals surface area contributed by atoms with E-state index in [0.717, 1.165) is 5.56 Å². The van der Waals surface area contributed by atoms with E-state index in [-0.39, 0.29) is 52.2 Å². The zero-order valence-electron chi connectivity index (χ0n) is 20.2. The van der Waals surface area contributed by atoms with Crippen LogP contribution in [0.4, 0.5) is 11.4 Å². The van der Waals surface area contributed by atoms with Crippen LogP contribution >= 0.6 is 43.5 Å². The van der Waals surface area contributed by atoms with Gasteiger partial charge in [0, 0.05) is 33.3 Å². The second-order valence-electron chi connectivity index (χ2n) is 9.94. The van der Waals surface area contributed by atoms with Crippen molar-refractivity contribution in [3.8, 4) is 5.75 Å². The summed E-state index contributed by atoms with van der Waals surface area (Å²) >= 11 is 13.4. The molecule has 0 bridgehead atoms. The highest BCUT2D eigenvalue weighted by Gasteiger charge is 2.52. The molecule has 3 aliphatic rings. The van der Waals surface area contributed by atoms with Gasteiger partial charge in [-0.1, -0.05) is 49.5 Å². The van der Waals surface area contributed by atoms with Gasteiger partial charge in [0.15, 0.2) is 0 Å². The Hall–Kier alpha value is -2.23. The van der Waals surface area contributed by atoms with Crippen LogP contribution in [0.3, 0.4) is 0 Å². The van der Waals surface area contributed by atoms with Crippen molar-refractivity contribution < 1.29 is 23.9 Å². The summed E-state index contributed by atoms with van der Waals surface area (Å²) in [5.41, 5.74) is 2.70. The Morgan fingerprint density at radius 3 is 2.19 bits per heavy atom. The normalized spacial score (nSPS) is 27.6. The number of alkyl halides is 2. The smallest absolute Gasteiger partial charge is 0.316 e. The van der Waals surface area contributed by atoms with Crippen LogP contribution in [0.15, 0.2) is 36.4 Å². The number of carbonyl (C=O) groups is 4. The highest BCUT2D eigenvalue weighted by molar-refractivity contribution is 9.12. The number of carbonyl (C=O) groups excluding carboxylic acids is 4. The number of hydrogen-bond acceptors (Lipinski definition) is 5. The van der Waals surface area contributed by atoms with Crippen molar-refractivity contribution in [1.82, 2.24) is 0 Å². The summed E-state index contributed by atoms with van der Waals surface area (Å²) in [6.45, 7) is 3.86. The van der Waals surface area contributed by atoms with Gasteiger partial charge in [0.2, 0.25) is 17.7 Å². The van der Waals surface area contributed by atoms with E-state index in [1.54, 1.807) is 36.1 Å². The predicted octanol–water partition coefficient (Wildman–Crippen LogP) is 5.34. The van der Waals surface area contributed by atoms with Crippen molar-refractivity contribution in [3.05, 3.63) is 52.5 Å². The van der Waals surface area contributed by atoms with Gasteiger partial charge in [-0.2, -0.15) is 0 Å². The van der Waals surface area contributed by atoms with Crippen LogP contribution in [-0.2, 0) is 19.2 Å². The van der Waals surface area contributed by atoms with Crippen molar-refractivity contribution in [1.29, 1.82) is 0 Å². The molecule has 0 N–H and O–H groups in total. The van der Waals surface area contributed by atoms with Crippen LogP contribution in [-0.4, -0.2) is 39.9 Å². The third-order valence-corrected chi connectivity index (χ3v) is 10.6. The lowest BCUT2D eigenvalue weighted by Crippen LogP contribution is -2.34. The summed E-state index contributed by atoms with van der Waals surface area (Å²) in [5, 5.41) is 0.556. The topological polar surface area (TPSA) is 84.0 Å². The lowest BCUT2D eigenvalue weighted by atomic mass is 9.81. The Labute approximate surface area is 236 Å². The molecule has 10 heteroatoms. The molecule has 194 valence electrons. The lowest BCUT2D eigenvalue weighted by molar-refractivity contribution is -0.139. The van der Waals surface area contributed by atoms with Gasteiger partial charge in [-0.05, 0) is 68.1 Å². The zero-order chi connectivity index (χ0) is 26.6. The number of esters is 1. The van der Waals surface area contributed by atoms with Gasteiger partial charge in [0.25, 0.3) is 0 Å². The highest BCUT2D eigenvalue weighted by atomic mass is 79.9. The molecule has 1 saturated carbocycles. The van der Waals surface area contributed by atoms with Gasteiger partial charge in [0.05, 0.1) is 23.4 Å². The minimum absolute atomic E-state index is 0.0457. The van der Waals surface area contributed by atoms with Crippen molar-refractivity contribution in [2.24, 2.45) is 17.8 Å². The third kappa shape index (κ3) is 4.86. The van der Waals surface area contributed by atoms with Crippen LogP contribution in [0.5, 0.6) is 5.75 Å². The van der Waals surface area contributed by atoms with Crippen LogP contribution in [0, 0.1) is 31.6 Å². The standard InChI is InChI=1S/C27H25Br2ClN2O5/c1-13-3-4-16(9-22(13)30)31-12-15(8-24(31)33)27(36)37-17-5-6-23(14(2)7-17)32-25(34)18-10-20(28)21(29)11-19(18)26(32)35/h3-7,9,15,18-21H,8,10-12H2,1-2H3/t15-,18-,19+,20+,21+/m1/s1. The molecule has 0 unspecified atom stereocenters. The summed E-state index contributed by atoms with van der Waals surface area (Å²) < 4.78 is 5.60. The number of rotatable bonds is 4. The van der Waals surface area contributed by atoms with Gasteiger partial charge in [-0.25, -0.2) is 4.90 Å². The average Bonchev–Trinajstić information content (AvgIpc) is 3.34. The van der Waals surface area contributed by atoms with Crippen LogP contribution in [0.1, 0.15) is 30.4 Å². The molecule has 2 aromatic rings. The number of amides is 3. The molecular formula is C27H25Br2ClN2O5. The number of fused-ring (bicyclic) bond motifs is 1. The largest absolute Gasteiger partial charge is 0.426 e. The molecule has 3 fully saturated rings. The van der Waals surface area contributed by atoms with E-state index in [0.29, 0.717) is 40.6 Å². The number of anilines is 2. The fourth-order valence-electron chi connectivity index (χ4n) is 5.34. The van der Waals surface area contributed by atoms with Gasteiger partial charge in [-0.15, -0.1) is 0 Å². The number of benzene rings is 2. The minimum Gasteiger partial charge on any atom is -0.426 e. The number of hydrogen-bond donors (Lipinski definition) is 0. The van der Waals surface area contributed by atoms with E-state index in [9.17, 15) is 19.2 Å². The van der Waals surface area contributed by atoms with Gasteiger partial charge in [0.1, 0.15) is 5.75 Å². The van der Waals surface area contributed by atoms with Crippen molar-refractivity contribution >= 4 is 78.5 Å². The fraction of sp³-hybridized carbons (Fsp3) is 0.407. The predicted molar refractivity (Wildman–Crippen MR) is 148 cm³/mol. The molecule has 0 radical (unpaired) electrons. The van der Waals surface area contributed by atoms with Gasteiger partial charge >= 0.3 is 5.97 Å². The quantitative estimate of drug-likeness (QED) is 0.193. The van der Waals surface area contributed by atoms with Gasteiger partial charge in [-0.3, -0.25) is 19.2 Å². The minimum atomic E-state index is -0.619. The Morgan fingerprint density at radius 2 is 1.59 bits per heavy atom. The van der Waals surface area contributed by atoms with Crippen molar-refractivity contribution in [3.63, 3.8) is 0 Å². The number of aryl methyl sites for hydroxylation is 2. The first-order chi connectivity index (χ1) is 17.5. The number of halogens is 3. The first kappa shape index (κ1) is 26.4. The van der Waals surface area contributed by atoms with Crippen molar-refractivity contribution in [2.75, 3.05) is 16.3 Å². The Bertz CT molecular complexity index is 1290. The maximum Gasteiger partial charge on any atom is 0.316 e. The summed E-state index contributed by atoms with van der Waals surface area (Å²) in [6.07, 6.45) is 1.24. The highest BCUT2D eigenvalue weighted by Crippen LogP contribution is 2.45. The number of ether oxygens (including phenoxy) is 1. The van der Waals surface area contributed by atoms with Crippen LogP contribution < -0.4 is 14.5 Å². The monoisotopic (exact) mass is 650 g/mol. The zero-order valence-corrected chi connectivity index (χ0v) is 24.2. The third-order valence-electron chi connectivity index (χ3n) is 7.46. The molecule has 2 heterocycles. The molecule has 2 aromatic carbocycles. The van der Waals surface area contributed by atoms with E-state index in [1.807, 2.05) is 19.1 Å². The van der Waals surface area contributed by atoms with E-state index < -0.39 is 11.9 Å². The van der Waals surface area contributed by atoms with Crippen molar-refractivity contribution in [2.45, 2.75) is 42.8 Å². The van der Waals surface area contributed by atoms with Gasteiger partial charge < -0.3 is 9.64 Å². The second kappa shape index (κ2) is 10.2. The molecule has 37 heavy (non-hydrogen) atoms. The maximum absolute atomic E-state index is 13.1. The summed E-state index contributed by atoms with van der Waals surface area (Å²) in [4.78, 5) is 54.9. The molecule has 0 spiro atoms. The summed E-state index contributed by atoms with van der Waals surface area (Å²) in [5.74, 6) is -2.05. The average molecular weight is 653 g/mol. The first-order valence-corrected chi connectivity index (χ1v) is 14.3. The SMILES string of the molecule is Cc1ccc(N2C[C@H](C(=O)Oc3ccc(N4C(=O)[C@H]5C[C@H](Br)[C@@H](Br)C[C@H]5C4=O)c(C)c3)CC2=O)cc1Cl. The van der Waals surface area contributed by atoms with Crippen LogP contribution in [0.25, 0.3) is 0 Å². The molecule has 2 aliphatic heterocycles. The number of imide groups is 1.